The number of alkyl halides is 3. The molecule has 0 fully saturated rings. The average Bonchev–Trinajstić information content (AvgIpc) is 2.92. The Hall–Kier alpha value is -3.44. The first kappa shape index (κ1) is 18.4. The molecule has 0 saturated carbocycles. The number of para-hydroxylation sites is 1. The molecule has 0 bridgehead atoms. The lowest BCUT2D eigenvalue weighted by atomic mass is 10.1. The van der Waals surface area contributed by atoms with Crippen molar-refractivity contribution in [3.63, 3.8) is 0 Å². The Kier molecular flexibility index (Phi) is 4.33. The molecular weight excluding hydrogens is 369 g/mol. The molecule has 0 saturated heterocycles. The molecule has 8 nitrogen and oxygen atoms in total. The molecule has 4 rings (SSSR count). The summed E-state index contributed by atoms with van der Waals surface area (Å²) in [5.74, 6) is -1.10. The van der Waals surface area contributed by atoms with Crippen LogP contribution in [0.5, 0.6) is 5.75 Å². The van der Waals surface area contributed by atoms with Crippen LogP contribution in [-0.4, -0.2) is 22.9 Å². The van der Waals surface area contributed by atoms with Crippen molar-refractivity contribution in [3.05, 3.63) is 65.8 Å². The Morgan fingerprint density at radius 3 is 2.37 bits per heavy atom. The fourth-order valence-electron chi connectivity index (χ4n) is 2.64. The molecule has 11 heteroatoms. The number of fused-ring (bicyclic) bond motifs is 3. The summed E-state index contributed by atoms with van der Waals surface area (Å²) in [4.78, 5) is 12.1. The summed E-state index contributed by atoms with van der Waals surface area (Å²) in [6, 6.07) is 11.5. The summed E-state index contributed by atoms with van der Waals surface area (Å²) in [5, 5.41) is 15.3. The maximum absolute atomic E-state index is 12.2. The smallest absolute Gasteiger partial charge is 0.491 e. The van der Waals surface area contributed by atoms with Crippen molar-refractivity contribution in [3.8, 4) is 5.75 Å². The van der Waals surface area contributed by atoms with Crippen LogP contribution in [0.3, 0.4) is 0 Å². The van der Waals surface area contributed by atoms with Crippen LogP contribution in [0.25, 0.3) is 0 Å². The molecule has 0 unspecified atom stereocenters. The Morgan fingerprint density at radius 1 is 1.04 bits per heavy atom. The van der Waals surface area contributed by atoms with Crippen molar-refractivity contribution in [1.82, 2.24) is 10.9 Å². The average molecular weight is 381 g/mol. The van der Waals surface area contributed by atoms with E-state index in [-0.39, 0.29) is 22.9 Å². The van der Waals surface area contributed by atoms with Crippen LogP contribution in [0, 0.1) is 0 Å². The van der Waals surface area contributed by atoms with Gasteiger partial charge < -0.3 is 20.6 Å². The molecule has 2 aliphatic heterocycles. The van der Waals surface area contributed by atoms with E-state index in [4.69, 9.17) is 0 Å². The largest absolute Gasteiger partial charge is 0.573 e. The van der Waals surface area contributed by atoms with Gasteiger partial charge in [0.2, 0.25) is 0 Å². The molecule has 2 heterocycles. The number of nitrogens with one attached hydrogen (secondary N) is 1. The molecule has 0 spiro atoms. The molecule has 0 aromatic heterocycles. The monoisotopic (exact) mass is 381 g/mol. The number of anilines is 2. The topological polar surface area (TPSA) is 111 Å². The number of ether oxygens (including phenoxy) is 1. The summed E-state index contributed by atoms with van der Waals surface area (Å²) >= 11 is 0. The van der Waals surface area contributed by atoms with E-state index < -0.39 is 18.0 Å². The first-order chi connectivity index (χ1) is 12.3. The van der Waals surface area contributed by atoms with Gasteiger partial charge in [-0.25, -0.2) is 10.0 Å². The zero-order chi connectivity index (χ0) is 18.5. The maximum Gasteiger partial charge on any atom is 0.573 e. The highest BCUT2D eigenvalue weighted by Gasteiger charge is 2.39. The zero-order valence-corrected chi connectivity index (χ0v) is 13.4. The van der Waals surface area contributed by atoms with Gasteiger partial charge in [-0.15, -0.1) is 13.2 Å². The number of amides is 1. The molecule has 0 atom stereocenters. The summed E-state index contributed by atoms with van der Waals surface area (Å²) in [6.45, 7) is 0. The standard InChI is InChI=1S/C16H10F3N4O3.H2O/c17-16(18,19)26-10-7-5-9(6-8-10)22-15(25)13-20-14(24)11-3-1-2-4-12(11)23(13)21-22;/h1-8,25H,(H,20,24);1H2. The van der Waals surface area contributed by atoms with E-state index in [1.807, 2.05) is 0 Å². The highest BCUT2D eigenvalue weighted by Crippen LogP contribution is 2.35. The molecule has 27 heavy (non-hydrogen) atoms. The van der Waals surface area contributed by atoms with Crippen LogP contribution in [0.1, 0.15) is 10.4 Å². The van der Waals surface area contributed by atoms with E-state index in [0.29, 0.717) is 11.3 Å². The summed E-state index contributed by atoms with van der Waals surface area (Å²) in [7, 11) is 0. The van der Waals surface area contributed by atoms with E-state index in [1.54, 1.807) is 24.3 Å². The molecule has 2 aliphatic rings. The first-order valence-corrected chi connectivity index (χ1v) is 7.35. The van der Waals surface area contributed by atoms with E-state index >= 15 is 0 Å². The second-order valence-electron chi connectivity index (χ2n) is 5.40. The number of rotatable bonds is 2. The van der Waals surface area contributed by atoms with Gasteiger partial charge >= 0.3 is 6.36 Å². The quantitative estimate of drug-likeness (QED) is 0.826. The molecule has 0 aliphatic carbocycles. The van der Waals surface area contributed by atoms with E-state index in [0.717, 1.165) is 17.1 Å². The number of aliphatic hydroxyl groups excluding tert-OH is 1. The second kappa shape index (κ2) is 6.37. The number of carbonyl (C=O) groups excluding carboxylic acids is 1. The van der Waals surface area contributed by atoms with E-state index in [2.05, 4.69) is 15.6 Å². The molecule has 1 radical (unpaired) electrons. The first-order valence-electron chi connectivity index (χ1n) is 7.35. The van der Waals surface area contributed by atoms with Gasteiger partial charge in [0.25, 0.3) is 11.8 Å². The number of benzene rings is 2. The SMILES string of the molecule is O.O=C1NC2=C(O)N(c3ccc(OC(F)(F)F)cc3)[N]N2c2ccccc21. The van der Waals surface area contributed by atoms with Crippen LogP contribution in [0.4, 0.5) is 24.5 Å². The zero-order valence-electron chi connectivity index (χ0n) is 13.4. The molecule has 1 amide bonds. The van der Waals surface area contributed by atoms with Crippen molar-refractivity contribution < 1.29 is 33.3 Å². The van der Waals surface area contributed by atoms with Crippen LogP contribution in [-0.2, 0) is 0 Å². The third-order valence-electron chi connectivity index (χ3n) is 3.73. The lowest BCUT2D eigenvalue weighted by Gasteiger charge is -2.26. The number of hydrogen-bond donors (Lipinski definition) is 2. The molecular formula is C16H12F3N4O4. The van der Waals surface area contributed by atoms with Gasteiger partial charge in [-0.1, -0.05) is 12.1 Å². The Labute approximate surface area is 150 Å². The lowest BCUT2D eigenvalue weighted by molar-refractivity contribution is -0.274. The fraction of sp³-hybridized carbons (Fsp3) is 0.0625. The third-order valence-corrected chi connectivity index (χ3v) is 3.73. The van der Waals surface area contributed by atoms with Crippen LogP contribution in [0.2, 0.25) is 0 Å². The second-order valence-corrected chi connectivity index (χ2v) is 5.40. The minimum Gasteiger partial charge on any atom is -0.491 e. The number of carbonyl (C=O) groups is 1. The highest BCUT2D eigenvalue weighted by molar-refractivity contribution is 6.03. The van der Waals surface area contributed by atoms with Gasteiger partial charge in [0, 0.05) is 0 Å². The predicted molar refractivity (Wildman–Crippen MR) is 87.4 cm³/mol. The maximum atomic E-state index is 12.2. The number of hydrogen-bond acceptors (Lipinski definition) is 5. The third kappa shape index (κ3) is 3.20. The van der Waals surface area contributed by atoms with Crippen molar-refractivity contribution in [2.75, 3.05) is 10.0 Å². The molecule has 4 N–H and O–H groups in total. The summed E-state index contributed by atoms with van der Waals surface area (Å²) in [6.07, 6.45) is -4.79. The Bertz CT molecular complexity index is 915. The van der Waals surface area contributed by atoms with Crippen LogP contribution in [0.15, 0.2) is 60.2 Å². The minimum absolute atomic E-state index is 0. The van der Waals surface area contributed by atoms with Gasteiger partial charge in [0.05, 0.1) is 16.9 Å². The van der Waals surface area contributed by atoms with Crippen LogP contribution >= 0.6 is 0 Å². The number of nitrogens with zero attached hydrogens (tertiary/aromatic N) is 3. The normalized spacial score (nSPS) is 15.7. The fourth-order valence-corrected chi connectivity index (χ4v) is 2.64. The van der Waals surface area contributed by atoms with Crippen molar-refractivity contribution in [1.29, 1.82) is 0 Å². The lowest BCUT2D eigenvalue weighted by Crippen LogP contribution is -2.43. The van der Waals surface area contributed by atoms with Crippen molar-refractivity contribution in [2.24, 2.45) is 0 Å². The van der Waals surface area contributed by atoms with Gasteiger partial charge in [-0.05, 0) is 41.9 Å². The Morgan fingerprint density at radius 2 is 1.70 bits per heavy atom. The van der Waals surface area contributed by atoms with Crippen molar-refractivity contribution >= 4 is 17.3 Å². The van der Waals surface area contributed by atoms with E-state index in [1.165, 1.54) is 17.1 Å². The van der Waals surface area contributed by atoms with Crippen molar-refractivity contribution in [2.45, 2.75) is 6.36 Å². The van der Waals surface area contributed by atoms with Crippen LogP contribution < -0.4 is 25.6 Å². The molecule has 141 valence electrons. The van der Waals surface area contributed by atoms with E-state index in [9.17, 15) is 23.1 Å². The summed E-state index contributed by atoms with van der Waals surface area (Å²) in [5.41, 5.74) is 5.34. The highest BCUT2D eigenvalue weighted by atomic mass is 19.4. The summed E-state index contributed by atoms with van der Waals surface area (Å²) < 4.78 is 40.5. The minimum atomic E-state index is -4.79. The predicted octanol–water partition coefficient (Wildman–Crippen LogP) is 1.95. The molecule has 2 aromatic carbocycles. The van der Waals surface area contributed by atoms with Gasteiger partial charge in [-0.3, -0.25) is 4.79 Å². The Balaban J connectivity index is 0.00000210. The number of aliphatic hydroxyl groups is 1. The number of halogens is 3. The van der Waals surface area contributed by atoms with Gasteiger partial charge in [-0.2, -0.15) is 0 Å². The van der Waals surface area contributed by atoms with Gasteiger partial charge in [0.1, 0.15) is 5.75 Å². The van der Waals surface area contributed by atoms with Gasteiger partial charge in [0.15, 0.2) is 5.82 Å². The molecule has 2 aromatic rings.